The summed E-state index contributed by atoms with van der Waals surface area (Å²) >= 11 is 1.67. The Balaban J connectivity index is 1.67. The molecule has 1 atom stereocenters. The Bertz CT molecular complexity index is 778. The lowest BCUT2D eigenvalue weighted by Gasteiger charge is -2.30. The summed E-state index contributed by atoms with van der Waals surface area (Å²) in [5.41, 5.74) is 1.29. The molecule has 0 bridgehead atoms. The lowest BCUT2D eigenvalue weighted by molar-refractivity contribution is 0.0830. The monoisotopic (exact) mass is 370 g/mol. The SMILES string of the molecule is CN(C)C(=O)c1sc2ccccc2c1C[C@@H]1CCCCCN1CC1CC1. The largest absolute Gasteiger partial charge is 0.344 e. The Labute approximate surface area is 161 Å². The quantitative estimate of drug-likeness (QED) is 0.755. The van der Waals surface area contributed by atoms with E-state index in [0.29, 0.717) is 6.04 Å². The van der Waals surface area contributed by atoms with Gasteiger partial charge < -0.3 is 4.90 Å². The van der Waals surface area contributed by atoms with Crippen LogP contribution < -0.4 is 0 Å². The van der Waals surface area contributed by atoms with Crippen molar-refractivity contribution >= 4 is 27.3 Å². The summed E-state index contributed by atoms with van der Waals surface area (Å²) < 4.78 is 1.25. The summed E-state index contributed by atoms with van der Waals surface area (Å²) in [6.07, 6.45) is 9.12. The third kappa shape index (κ3) is 3.81. The highest BCUT2D eigenvalue weighted by Gasteiger charge is 2.30. The number of carbonyl (C=O) groups excluding carboxylic acids is 1. The molecule has 0 unspecified atom stereocenters. The number of amides is 1. The van der Waals surface area contributed by atoms with Gasteiger partial charge in [0.2, 0.25) is 0 Å². The van der Waals surface area contributed by atoms with Gasteiger partial charge >= 0.3 is 0 Å². The van der Waals surface area contributed by atoms with E-state index in [4.69, 9.17) is 0 Å². The lowest BCUT2D eigenvalue weighted by Crippen LogP contribution is -2.38. The molecule has 2 fully saturated rings. The summed E-state index contributed by atoms with van der Waals surface area (Å²) in [5, 5.41) is 1.29. The maximum Gasteiger partial charge on any atom is 0.263 e. The number of hydrogen-bond donors (Lipinski definition) is 0. The Morgan fingerprint density at radius 3 is 2.73 bits per heavy atom. The molecule has 2 aromatic rings. The normalized spacial score (nSPS) is 21.7. The molecule has 140 valence electrons. The Morgan fingerprint density at radius 2 is 1.96 bits per heavy atom. The highest BCUT2D eigenvalue weighted by Crippen LogP contribution is 2.36. The van der Waals surface area contributed by atoms with Crippen molar-refractivity contribution in [2.45, 2.75) is 51.0 Å². The van der Waals surface area contributed by atoms with Crippen LogP contribution in [0, 0.1) is 5.92 Å². The van der Waals surface area contributed by atoms with Crippen LogP contribution in [0.4, 0.5) is 0 Å². The van der Waals surface area contributed by atoms with Gasteiger partial charge in [-0.2, -0.15) is 0 Å². The van der Waals surface area contributed by atoms with E-state index < -0.39 is 0 Å². The van der Waals surface area contributed by atoms with E-state index >= 15 is 0 Å². The standard InChI is InChI=1S/C22H30N2OS/c1-23(2)22(25)21-19(18-9-5-6-10-20(18)26-21)14-17-8-4-3-7-13-24(17)15-16-11-12-16/h5-6,9-10,16-17H,3-4,7-8,11-15H2,1-2H3/t17-/m0/s1. The van der Waals surface area contributed by atoms with Crippen LogP contribution in [-0.2, 0) is 6.42 Å². The number of thiophene rings is 1. The van der Waals surface area contributed by atoms with Gasteiger partial charge in [0, 0.05) is 31.4 Å². The fraction of sp³-hybridized carbons (Fsp3) is 0.591. The molecule has 4 rings (SSSR count). The van der Waals surface area contributed by atoms with E-state index in [-0.39, 0.29) is 5.91 Å². The van der Waals surface area contributed by atoms with Gasteiger partial charge in [-0.05, 0) is 61.6 Å². The minimum absolute atomic E-state index is 0.156. The molecule has 2 aliphatic rings. The molecule has 4 heteroatoms. The zero-order chi connectivity index (χ0) is 18.1. The van der Waals surface area contributed by atoms with Crippen molar-refractivity contribution in [2.24, 2.45) is 5.92 Å². The highest BCUT2D eigenvalue weighted by atomic mass is 32.1. The first kappa shape index (κ1) is 18.0. The number of hydrogen-bond acceptors (Lipinski definition) is 3. The molecule has 0 radical (unpaired) electrons. The van der Waals surface area contributed by atoms with Crippen molar-refractivity contribution in [3.63, 3.8) is 0 Å². The van der Waals surface area contributed by atoms with Crippen LogP contribution in [0.1, 0.15) is 53.8 Å². The minimum atomic E-state index is 0.156. The van der Waals surface area contributed by atoms with Crippen LogP contribution in [0.5, 0.6) is 0 Å². The van der Waals surface area contributed by atoms with Gasteiger partial charge in [-0.1, -0.05) is 31.0 Å². The third-order valence-electron chi connectivity index (χ3n) is 5.93. The summed E-state index contributed by atoms with van der Waals surface area (Å²) in [7, 11) is 3.73. The molecule has 26 heavy (non-hydrogen) atoms. The second-order valence-electron chi connectivity index (χ2n) is 8.25. The zero-order valence-electron chi connectivity index (χ0n) is 16.0. The Kier molecular flexibility index (Phi) is 5.32. The predicted octanol–water partition coefficient (Wildman–Crippen LogP) is 4.80. The third-order valence-corrected chi connectivity index (χ3v) is 7.13. The van der Waals surface area contributed by atoms with Crippen LogP contribution in [0.25, 0.3) is 10.1 Å². The van der Waals surface area contributed by atoms with Gasteiger partial charge in [0.25, 0.3) is 5.91 Å². The highest BCUT2D eigenvalue weighted by molar-refractivity contribution is 7.21. The summed E-state index contributed by atoms with van der Waals surface area (Å²) in [5.74, 6) is 1.08. The van der Waals surface area contributed by atoms with Gasteiger partial charge in [0.1, 0.15) is 0 Å². The molecule has 1 aromatic carbocycles. The first-order chi connectivity index (χ1) is 12.6. The van der Waals surface area contributed by atoms with Crippen molar-refractivity contribution in [3.05, 3.63) is 34.7 Å². The van der Waals surface area contributed by atoms with Gasteiger partial charge in [0.15, 0.2) is 0 Å². The molecule has 0 N–H and O–H groups in total. The molecular formula is C22H30N2OS. The van der Waals surface area contributed by atoms with Crippen LogP contribution in [-0.4, -0.2) is 48.9 Å². The van der Waals surface area contributed by atoms with Gasteiger partial charge in [-0.3, -0.25) is 9.69 Å². The predicted molar refractivity (Wildman–Crippen MR) is 110 cm³/mol. The van der Waals surface area contributed by atoms with E-state index in [1.165, 1.54) is 67.3 Å². The van der Waals surface area contributed by atoms with E-state index in [0.717, 1.165) is 17.2 Å². The second kappa shape index (κ2) is 7.69. The Hall–Kier alpha value is -1.39. The van der Waals surface area contributed by atoms with Crippen molar-refractivity contribution < 1.29 is 4.79 Å². The average molecular weight is 371 g/mol. The zero-order valence-corrected chi connectivity index (χ0v) is 16.9. The number of rotatable bonds is 5. The molecule has 1 saturated carbocycles. The average Bonchev–Trinajstić information content (AvgIpc) is 3.42. The number of nitrogens with zero attached hydrogens (tertiary/aromatic N) is 2. The summed E-state index contributed by atoms with van der Waals surface area (Å²) in [4.78, 5) is 18.3. The van der Waals surface area contributed by atoms with Gasteiger partial charge in [-0.25, -0.2) is 0 Å². The number of fused-ring (bicyclic) bond motifs is 1. The molecular weight excluding hydrogens is 340 g/mol. The van der Waals surface area contributed by atoms with Crippen molar-refractivity contribution in [1.29, 1.82) is 0 Å². The number of likely N-dealkylation sites (tertiary alicyclic amines) is 1. The molecule has 0 spiro atoms. The molecule has 1 aromatic heterocycles. The van der Waals surface area contributed by atoms with E-state index in [9.17, 15) is 4.79 Å². The fourth-order valence-electron chi connectivity index (χ4n) is 4.25. The summed E-state index contributed by atoms with van der Waals surface area (Å²) in [6.45, 7) is 2.50. The van der Waals surface area contributed by atoms with Crippen molar-refractivity contribution in [1.82, 2.24) is 9.80 Å². The smallest absolute Gasteiger partial charge is 0.263 e. The molecule has 1 amide bonds. The lowest BCUT2D eigenvalue weighted by atomic mass is 9.97. The molecule has 1 aliphatic heterocycles. The number of carbonyl (C=O) groups is 1. The maximum absolute atomic E-state index is 12.8. The van der Waals surface area contributed by atoms with Crippen LogP contribution in [0.15, 0.2) is 24.3 Å². The molecule has 1 aliphatic carbocycles. The van der Waals surface area contributed by atoms with E-state index in [2.05, 4.69) is 29.2 Å². The van der Waals surface area contributed by atoms with Crippen LogP contribution in [0.2, 0.25) is 0 Å². The number of benzene rings is 1. The van der Waals surface area contributed by atoms with Gasteiger partial charge in [0.05, 0.1) is 4.88 Å². The van der Waals surface area contributed by atoms with E-state index in [1.54, 1.807) is 16.2 Å². The topological polar surface area (TPSA) is 23.6 Å². The summed E-state index contributed by atoms with van der Waals surface area (Å²) in [6, 6.07) is 9.14. The first-order valence-corrected chi connectivity index (χ1v) is 10.9. The second-order valence-corrected chi connectivity index (χ2v) is 9.30. The molecule has 2 heterocycles. The van der Waals surface area contributed by atoms with Crippen molar-refractivity contribution in [2.75, 3.05) is 27.2 Å². The van der Waals surface area contributed by atoms with Crippen molar-refractivity contribution in [3.8, 4) is 0 Å². The Morgan fingerprint density at radius 1 is 1.15 bits per heavy atom. The van der Waals surface area contributed by atoms with Crippen LogP contribution in [0.3, 0.4) is 0 Å². The van der Waals surface area contributed by atoms with E-state index in [1.807, 2.05) is 14.1 Å². The molecule has 1 saturated heterocycles. The maximum atomic E-state index is 12.8. The minimum Gasteiger partial charge on any atom is -0.344 e. The first-order valence-electron chi connectivity index (χ1n) is 10.1. The fourth-order valence-corrected chi connectivity index (χ4v) is 5.51. The van der Waals surface area contributed by atoms with Crippen LogP contribution >= 0.6 is 11.3 Å². The molecule has 3 nitrogen and oxygen atoms in total. The van der Waals surface area contributed by atoms with Gasteiger partial charge in [-0.15, -0.1) is 11.3 Å².